The van der Waals surface area contributed by atoms with Crippen molar-refractivity contribution in [2.75, 3.05) is 17.2 Å². The van der Waals surface area contributed by atoms with Crippen molar-refractivity contribution in [1.82, 2.24) is 9.97 Å². The summed E-state index contributed by atoms with van der Waals surface area (Å²) in [5.74, 6) is 0. The summed E-state index contributed by atoms with van der Waals surface area (Å²) in [6, 6.07) is 18.4. The van der Waals surface area contributed by atoms with Gasteiger partial charge in [-0.2, -0.15) is 0 Å². The van der Waals surface area contributed by atoms with Gasteiger partial charge in [0.05, 0.1) is 17.6 Å². The largest absolute Gasteiger partial charge is 0.396 e. The Morgan fingerprint density at radius 3 is 2.48 bits per heavy atom. The topological polar surface area (TPSA) is 55.0 Å². The minimum Gasteiger partial charge on any atom is -0.396 e. The molecule has 0 aliphatic rings. The van der Waals surface area contributed by atoms with Gasteiger partial charge in [0.1, 0.15) is 0 Å². The summed E-state index contributed by atoms with van der Waals surface area (Å²) in [5.41, 5.74) is 10.2. The number of nitrogen functional groups attached to an aromatic ring is 1. The Hall–Kier alpha value is -2.88. The molecule has 0 saturated heterocycles. The summed E-state index contributed by atoms with van der Waals surface area (Å²) >= 11 is 0. The molecule has 0 bridgehead atoms. The van der Waals surface area contributed by atoms with Crippen LogP contribution in [-0.2, 0) is 13.0 Å². The number of hydrogen-bond donors (Lipinski definition) is 1. The van der Waals surface area contributed by atoms with Crippen LogP contribution in [0.25, 0.3) is 0 Å². The second-order valence-corrected chi connectivity index (χ2v) is 5.41. The Kier molecular flexibility index (Phi) is 4.84. The minimum atomic E-state index is 0.699. The highest BCUT2D eigenvalue weighted by Crippen LogP contribution is 2.23. The van der Waals surface area contributed by atoms with Gasteiger partial charge in [0.15, 0.2) is 0 Å². The van der Waals surface area contributed by atoms with E-state index >= 15 is 0 Å². The van der Waals surface area contributed by atoms with Crippen LogP contribution in [0.2, 0.25) is 0 Å². The zero-order valence-corrected chi connectivity index (χ0v) is 13.0. The average Bonchev–Trinajstić information content (AvgIpc) is 2.61. The van der Waals surface area contributed by atoms with E-state index < -0.39 is 0 Å². The molecule has 2 heterocycles. The fraction of sp³-hybridized carbons (Fsp3) is 0.158. The van der Waals surface area contributed by atoms with Crippen LogP contribution in [0.4, 0.5) is 11.4 Å². The van der Waals surface area contributed by atoms with E-state index in [1.165, 1.54) is 5.56 Å². The van der Waals surface area contributed by atoms with E-state index in [2.05, 4.69) is 45.2 Å². The number of hydrogen-bond acceptors (Lipinski definition) is 4. The number of rotatable bonds is 6. The number of anilines is 2. The van der Waals surface area contributed by atoms with Gasteiger partial charge in [-0.25, -0.2) is 0 Å². The van der Waals surface area contributed by atoms with Crippen LogP contribution in [0.1, 0.15) is 11.3 Å². The Morgan fingerprint density at radius 2 is 1.74 bits per heavy atom. The van der Waals surface area contributed by atoms with E-state index in [1.807, 2.05) is 30.5 Å². The fourth-order valence-electron chi connectivity index (χ4n) is 2.57. The van der Waals surface area contributed by atoms with Gasteiger partial charge in [0.25, 0.3) is 0 Å². The van der Waals surface area contributed by atoms with Crippen molar-refractivity contribution in [3.05, 3.63) is 84.4 Å². The van der Waals surface area contributed by atoms with E-state index in [1.54, 1.807) is 12.4 Å². The molecule has 0 atom stereocenters. The van der Waals surface area contributed by atoms with Crippen LogP contribution < -0.4 is 10.6 Å². The number of aromatic nitrogens is 2. The number of nitrogens with zero attached hydrogens (tertiary/aromatic N) is 3. The van der Waals surface area contributed by atoms with E-state index in [0.29, 0.717) is 5.69 Å². The van der Waals surface area contributed by atoms with Crippen molar-refractivity contribution in [3.8, 4) is 0 Å². The third-order valence-electron chi connectivity index (χ3n) is 3.75. The third-order valence-corrected chi connectivity index (χ3v) is 3.75. The molecule has 0 radical (unpaired) electrons. The average molecular weight is 304 g/mol. The van der Waals surface area contributed by atoms with Gasteiger partial charge in [0.2, 0.25) is 0 Å². The standard InChI is InChI=1S/C19H20N4/c20-18-14-21-12-9-19(18)23(15-16-6-2-1-3-7-16)13-10-17-8-4-5-11-22-17/h1-9,11-12,14H,10,13,15,20H2. The summed E-state index contributed by atoms with van der Waals surface area (Å²) in [5, 5.41) is 0. The smallest absolute Gasteiger partial charge is 0.0738 e. The Morgan fingerprint density at radius 1 is 0.913 bits per heavy atom. The molecular formula is C19H20N4. The molecule has 3 aromatic rings. The summed E-state index contributed by atoms with van der Waals surface area (Å²) in [6.45, 7) is 1.65. The Bertz CT molecular complexity index is 729. The highest BCUT2D eigenvalue weighted by molar-refractivity contribution is 5.66. The van der Waals surface area contributed by atoms with Gasteiger partial charge in [-0.15, -0.1) is 0 Å². The van der Waals surface area contributed by atoms with Gasteiger partial charge in [0, 0.05) is 37.6 Å². The van der Waals surface area contributed by atoms with Gasteiger partial charge in [-0.3, -0.25) is 9.97 Å². The monoisotopic (exact) mass is 304 g/mol. The van der Waals surface area contributed by atoms with Crippen LogP contribution >= 0.6 is 0 Å². The van der Waals surface area contributed by atoms with Crippen molar-refractivity contribution in [2.24, 2.45) is 0 Å². The van der Waals surface area contributed by atoms with E-state index in [9.17, 15) is 0 Å². The first kappa shape index (κ1) is 15.0. The molecule has 0 aliphatic carbocycles. The maximum absolute atomic E-state index is 6.12. The molecule has 3 rings (SSSR count). The normalized spacial score (nSPS) is 10.4. The fourth-order valence-corrected chi connectivity index (χ4v) is 2.57. The summed E-state index contributed by atoms with van der Waals surface area (Å²) in [7, 11) is 0. The lowest BCUT2D eigenvalue weighted by Crippen LogP contribution is -2.26. The van der Waals surface area contributed by atoms with Gasteiger partial charge in [-0.1, -0.05) is 36.4 Å². The molecule has 0 amide bonds. The molecule has 0 unspecified atom stereocenters. The van der Waals surface area contributed by atoms with Gasteiger partial charge in [-0.05, 0) is 23.8 Å². The van der Waals surface area contributed by atoms with Crippen LogP contribution in [0, 0.1) is 0 Å². The Balaban J connectivity index is 1.80. The molecule has 0 spiro atoms. The second kappa shape index (κ2) is 7.40. The lowest BCUT2D eigenvalue weighted by Gasteiger charge is -2.26. The molecule has 23 heavy (non-hydrogen) atoms. The molecule has 0 aliphatic heterocycles. The third kappa shape index (κ3) is 4.07. The molecule has 2 aromatic heterocycles. The molecular weight excluding hydrogens is 284 g/mol. The predicted molar refractivity (Wildman–Crippen MR) is 94.1 cm³/mol. The number of pyridine rings is 2. The maximum atomic E-state index is 6.12. The highest BCUT2D eigenvalue weighted by atomic mass is 15.1. The molecule has 2 N–H and O–H groups in total. The quantitative estimate of drug-likeness (QED) is 0.759. The molecule has 4 heteroatoms. The first-order valence-corrected chi connectivity index (χ1v) is 7.71. The van der Waals surface area contributed by atoms with E-state index in [0.717, 1.165) is 30.9 Å². The molecule has 4 nitrogen and oxygen atoms in total. The molecule has 116 valence electrons. The summed E-state index contributed by atoms with van der Waals surface area (Å²) in [4.78, 5) is 10.8. The number of nitrogens with two attached hydrogens (primary N) is 1. The van der Waals surface area contributed by atoms with Crippen molar-refractivity contribution in [1.29, 1.82) is 0 Å². The number of benzene rings is 1. The first-order chi connectivity index (χ1) is 11.3. The van der Waals surface area contributed by atoms with Gasteiger partial charge >= 0.3 is 0 Å². The maximum Gasteiger partial charge on any atom is 0.0738 e. The SMILES string of the molecule is Nc1cnccc1N(CCc1ccccn1)Cc1ccccc1. The highest BCUT2D eigenvalue weighted by Gasteiger charge is 2.11. The summed E-state index contributed by atoms with van der Waals surface area (Å²) < 4.78 is 0. The molecule has 1 aromatic carbocycles. The first-order valence-electron chi connectivity index (χ1n) is 7.71. The predicted octanol–water partition coefficient (Wildman–Crippen LogP) is 3.31. The van der Waals surface area contributed by atoms with E-state index in [-0.39, 0.29) is 0 Å². The van der Waals surface area contributed by atoms with Crippen LogP contribution in [0.15, 0.2) is 73.2 Å². The van der Waals surface area contributed by atoms with Crippen molar-refractivity contribution < 1.29 is 0 Å². The van der Waals surface area contributed by atoms with Crippen LogP contribution in [-0.4, -0.2) is 16.5 Å². The van der Waals surface area contributed by atoms with Crippen LogP contribution in [0.5, 0.6) is 0 Å². The lowest BCUT2D eigenvalue weighted by molar-refractivity contribution is 0.771. The molecule has 0 saturated carbocycles. The van der Waals surface area contributed by atoms with Crippen molar-refractivity contribution in [2.45, 2.75) is 13.0 Å². The van der Waals surface area contributed by atoms with Crippen molar-refractivity contribution in [3.63, 3.8) is 0 Å². The summed E-state index contributed by atoms with van der Waals surface area (Å²) in [6.07, 6.45) is 6.19. The molecule has 0 fully saturated rings. The minimum absolute atomic E-state index is 0.699. The Labute approximate surface area is 136 Å². The van der Waals surface area contributed by atoms with Crippen LogP contribution in [0.3, 0.4) is 0 Å². The van der Waals surface area contributed by atoms with Crippen molar-refractivity contribution >= 4 is 11.4 Å². The second-order valence-electron chi connectivity index (χ2n) is 5.41. The zero-order valence-electron chi connectivity index (χ0n) is 13.0. The lowest BCUT2D eigenvalue weighted by atomic mass is 10.1. The van der Waals surface area contributed by atoms with E-state index in [4.69, 9.17) is 5.73 Å². The zero-order chi connectivity index (χ0) is 15.9. The van der Waals surface area contributed by atoms with Gasteiger partial charge < -0.3 is 10.6 Å².